The molecule has 140 valence electrons. The number of para-hydroxylation sites is 1. The maximum Gasteiger partial charge on any atom is 0.171 e. The van der Waals surface area contributed by atoms with Crippen molar-refractivity contribution in [2.45, 2.75) is 25.9 Å². The van der Waals surface area contributed by atoms with Crippen LogP contribution in [0.5, 0.6) is 0 Å². The lowest BCUT2D eigenvalue weighted by Crippen LogP contribution is -3.27. The van der Waals surface area contributed by atoms with Crippen molar-refractivity contribution in [2.24, 2.45) is 0 Å². The highest BCUT2D eigenvalue weighted by Gasteiger charge is 2.34. The SMILES string of the molecule is Cc1ccccc1NC(=S)N[C@@H](C)[C@@H](c1cccs1)[NH+]1CC[NH+](C)CC1. The molecule has 1 saturated heterocycles. The molecule has 0 spiro atoms. The van der Waals surface area contributed by atoms with Crippen molar-refractivity contribution in [3.63, 3.8) is 0 Å². The molecule has 2 atom stereocenters. The molecule has 2 aromatic rings. The predicted octanol–water partition coefficient (Wildman–Crippen LogP) is 0.886. The number of rotatable bonds is 5. The minimum atomic E-state index is 0.270. The summed E-state index contributed by atoms with van der Waals surface area (Å²) in [5.74, 6) is 0. The molecule has 0 aliphatic carbocycles. The van der Waals surface area contributed by atoms with Crippen LogP contribution in [-0.4, -0.2) is 44.4 Å². The third-order valence-electron chi connectivity index (χ3n) is 5.29. The van der Waals surface area contributed by atoms with Gasteiger partial charge in [-0.3, -0.25) is 0 Å². The number of hydrogen-bond donors (Lipinski definition) is 4. The number of likely N-dealkylation sites (N-methyl/N-ethyl adjacent to an activating group) is 1. The monoisotopic (exact) mass is 390 g/mol. The van der Waals surface area contributed by atoms with E-state index in [1.54, 1.807) is 9.80 Å². The van der Waals surface area contributed by atoms with Gasteiger partial charge in [-0.05, 0) is 49.1 Å². The second-order valence-electron chi connectivity index (χ2n) is 7.31. The zero-order valence-corrected chi connectivity index (χ0v) is 17.5. The molecule has 0 amide bonds. The van der Waals surface area contributed by atoms with Crippen LogP contribution in [-0.2, 0) is 0 Å². The molecule has 0 radical (unpaired) electrons. The summed E-state index contributed by atoms with van der Waals surface area (Å²) in [6.07, 6.45) is 0. The molecule has 6 heteroatoms. The fraction of sp³-hybridized carbons (Fsp3) is 0.450. The summed E-state index contributed by atoms with van der Waals surface area (Å²) in [5.41, 5.74) is 2.27. The molecular weight excluding hydrogens is 360 g/mol. The lowest BCUT2D eigenvalue weighted by molar-refractivity contribution is -1.02. The van der Waals surface area contributed by atoms with Gasteiger partial charge in [0.05, 0.1) is 18.0 Å². The minimum Gasteiger partial charge on any atom is -0.354 e. The van der Waals surface area contributed by atoms with Crippen LogP contribution in [0.3, 0.4) is 0 Å². The first-order valence-corrected chi connectivity index (χ1v) is 10.7. The first kappa shape index (κ1) is 19.3. The van der Waals surface area contributed by atoms with Gasteiger partial charge in [-0.15, -0.1) is 11.3 Å². The number of quaternary nitrogens is 2. The van der Waals surface area contributed by atoms with E-state index < -0.39 is 0 Å². The molecule has 4 N–H and O–H groups in total. The molecule has 0 unspecified atom stereocenters. The highest BCUT2D eigenvalue weighted by Crippen LogP contribution is 2.20. The summed E-state index contributed by atoms with van der Waals surface area (Å²) >= 11 is 7.46. The number of nitrogens with one attached hydrogen (secondary N) is 4. The molecule has 1 fully saturated rings. The molecule has 1 aliphatic heterocycles. The van der Waals surface area contributed by atoms with Crippen molar-refractivity contribution in [3.05, 3.63) is 52.2 Å². The first-order chi connectivity index (χ1) is 12.5. The van der Waals surface area contributed by atoms with Gasteiger partial charge in [0.1, 0.15) is 32.2 Å². The Balaban J connectivity index is 1.68. The molecule has 0 bridgehead atoms. The largest absolute Gasteiger partial charge is 0.354 e. The number of thiocarbonyl (C=S) groups is 1. The summed E-state index contributed by atoms with van der Waals surface area (Å²) in [4.78, 5) is 4.74. The first-order valence-electron chi connectivity index (χ1n) is 9.37. The third kappa shape index (κ3) is 4.82. The zero-order valence-electron chi connectivity index (χ0n) is 15.8. The molecule has 1 aromatic heterocycles. The van der Waals surface area contributed by atoms with Gasteiger partial charge in [0.2, 0.25) is 0 Å². The van der Waals surface area contributed by atoms with E-state index >= 15 is 0 Å². The Hall–Kier alpha value is -1.47. The van der Waals surface area contributed by atoms with Crippen LogP contribution in [0.4, 0.5) is 5.69 Å². The average molecular weight is 391 g/mol. The Morgan fingerprint density at radius 1 is 1.12 bits per heavy atom. The smallest absolute Gasteiger partial charge is 0.171 e. The van der Waals surface area contributed by atoms with Crippen LogP contribution >= 0.6 is 23.6 Å². The zero-order chi connectivity index (χ0) is 18.5. The standard InChI is InChI=1S/C20H28N4S2/c1-15-7-4-5-8-17(15)22-20(25)21-16(2)19(18-9-6-14-26-18)24-12-10-23(3)11-13-24/h4-9,14,16,19H,10-13H2,1-3H3,(H2,21,22,25)/p+2/t16-,19-/m0/s1. The van der Waals surface area contributed by atoms with E-state index in [4.69, 9.17) is 12.2 Å². The van der Waals surface area contributed by atoms with Crippen LogP contribution in [0.2, 0.25) is 0 Å². The van der Waals surface area contributed by atoms with Crippen molar-refractivity contribution in [1.82, 2.24) is 5.32 Å². The number of thiophene rings is 1. The summed E-state index contributed by atoms with van der Waals surface area (Å²) in [5, 5.41) is 9.80. The van der Waals surface area contributed by atoms with E-state index in [0.29, 0.717) is 11.2 Å². The van der Waals surface area contributed by atoms with Crippen LogP contribution in [0.25, 0.3) is 0 Å². The fourth-order valence-corrected chi connectivity index (χ4v) is 5.02. The van der Waals surface area contributed by atoms with Crippen LogP contribution in [0.15, 0.2) is 41.8 Å². The van der Waals surface area contributed by atoms with Gasteiger partial charge >= 0.3 is 0 Å². The Bertz CT molecular complexity index is 708. The maximum atomic E-state index is 5.61. The quantitative estimate of drug-likeness (QED) is 0.572. The van der Waals surface area contributed by atoms with E-state index in [0.717, 1.165) is 5.69 Å². The summed E-state index contributed by atoms with van der Waals surface area (Å²) in [6.45, 7) is 9.23. The van der Waals surface area contributed by atoms with Gasteiger partial charge in [0, 0.05) is 5.69 Å². The van der Waals surface area contributed by atoms with Gasteiger partial charge in [0.15, 0.2) is 5.11 Å². The lowest BCUT2D eigenvalue weighted by atomic mass is 10.1. The Morgan fingerprint density at radius 2 is 1.85 bits per heavy atom. The molecule has 2 heterocycles. The topological polar surface area (TPSA) is 32.9 Å². The van der Waals surface area contributed by atoms with Gasteiger partial charge in [0.25, 0.3) is 0 Å². The van der Waals surface area contributed by atoms with Crippen molar-refractivity contribution in [1.29, 1.82) is 0 Å². The number of aryl methyl sites for hydroxylation is 1. The molecule has 1 aromatic carbocycles. The van der Waals surface area contributed by atoms with Crippen molar-refractivity contribution in [3.8, 4) is 0 Å². The van der Waals surface area contributed by atoms with Crippen molar-refractivity contribution < 1.29 is 9.80 Å². The van der Waals surface area contributed by atoms with Gasteiger partial charge in [-0.1, -0.05) is 24.3 Å². The summed E-state index contributed by atoms with van der Waals surface area (Å²) in [7, 11) is 2.29. The molecule has 0 saturated carbocycles. The molecule has 1 aliphatic rings. The van der Waals surface area contributed by atoms with Crippen LogP contribution in [0, 0.1) is 6.92 Å². The number of hydrogen-bond acceptors (Lipinski definition) is 2. The second kappa shape index (κ2) is 8.95. The molecule has 26 heavy (non-hydrogen) atoms. The predicted molar refractivity (Wildman–Crippen MR) is 114 cm³/mol. The van der Waals surface area contributed by atoms with Crippen LogP contribution < -0.4 is 20.4 Å². The van der Waals surface area contributed by atoms with Gasteiger partial charge in [-0.25, -0.2) is 0 Å². The van der Waals surface area contributed by atoms with E-state index in [9.17, 15) is 0 Å². The summed E-state index contributed by atoms with van der Waals surface area (Å²) < 4.78 is 0. The lowest BCUT2D eigenvalue weighted by Gasteiger charge is -2.36. The number of piperazine rings is 1. The second-order valence-corrected chi connectivity index (χ2v) is 8.70. The van der Waals surface area contributed by atoms with E-state index in [1.165, 1.54) is 36.6 Å². The highest BCUT2D eigenvalue weighted by atomic mass is 32.1. The van der Waals surface area contributed by atoms with E-state index in [-0.39, 0.29) is 6.04 Å². The van der Waals surface area contributed by atoms with Crippen LogP contribution in [0.1, 0.15) is 23.4 Å². The molecule has 3 rings (SSSR count). The fourth-order valence-electron chi connectivity index (χ4n) is 3.74. The molecule has 4 nitrogen and oxygen atoms in total. The van der Waals surface area contributed by atoms with Crippen molar-refractivity contribution in [2.75, 3.05) is 38.5 Å². The van der Waals surface area contributed by atoms with Crippen molar-refractivity contribution >= 4 is 34.4 Å². The number of anilines is 1. The Kier molecular flexibility index (Phi) is 6.64. The highest BCUT2D eigenvalue weighted by molar-refractivity contribution is 7.80. The minimum absolute atomic E-state index is 0.270. The average Bonchev–Trinajstić information content (AvgIpc) is 3.13. The van der Waals surface area contributed by atoms with E-state index in [2.05, 4.69) is 61.2 Å². The van der Waals surface area contributed by atoms with E-state index in [1.807, 2.05) is 23.5 Å². The number of benzene rings is 1. The Labute approximate surface area is 166 Å². The normalized spacial score (nSPS) is 22.4. The third-order valence-corrected chi connectivity index (χ3v) is 6.46. The van der Waals surface area contributed by atoms with Gasteiger partial charge in [-0.2, -0.15) is 0 Å². The Morgan fingerprint density at radius 3 is 2.50 bits per heavy atom. The van der Waals surface area contributed by atoms with Gasteiger partial charge < -0.3 is 20.4 Å². The maximum absolute atomic E-state index is 5.61. The summed E-state index contributed by atoms with van der Waals surface area (Å²) in [6, 6.07) is 13.4. The molecular formula is C20H30N4S2+2.